The Hall–Kier alpha value is -4.79. The molecule has 1 aliphatic heterocycles. The molecule has 0 saturated heterocycles. The molecule has 1 unspecified atom stereocenters. The second-order valence-electron chi connectivity index (χ2n) is 8.52. The summed E-state index contributed by atoms with van der Waals surface area (Å²) in [5.74, 6) is -0.370. The SMILES string of the molecule is C=CCOC(=O)OC1=C(C)NC(C)=C(OC(=O)OC)C1c1cccc2c(=O)c(C)c(-c3ccccc3)oc12. The van der Waals surface area contributed by atoms with E-state index in [0.717, 1.165) is 5.56 Å². The summed E-state index contributed by atoms with van der Waals surface area (Å²) < 4.78 is 27.3. The first kappa shape index (κ1) is 26.3. The van der Waals surface area contributed by atoms with E-state index in [1.807, 2.05) is 30.3 Å². The van der Waals surface area contributed by atoms with Gasteiger partial charge in [0.2, 0.25) is 0 Å². The van der Waals surface area contributed by atoms with Crippen LogP contribution in [0.5, 0.6) is 0 Å². The number of nitrogens with one attached hydrogen (secondary N) is 1. The summed E-state index contributed by atoms with van der Waals surface area (Å²) in [5.41, 5.74) is 2.57. The maximum absolute atomic E-state index is 13.5. The van der Waals surface area contributed by atoms with Gasteiger partial charge in [-0.2, -0.15) is 0 Å². The van der Waals surface area contributed by atoms with Crippen molar-refractivity contribution in [2.75, 3.05) is 13.7 Å². The number of benzene rings is 2. The van der Waals surface area contributed by atoms with E-state index in [-0.39, 0.29) is 29.1 Å². The van der Waals surface area contributed by atoms with Crippen LogP contribution in [0.15, 0.2) is 93.3 Å². The van der Waals surface area contributed by atoms with Gasteiger partial charge < -0.3 is 28.7 Å². The predicted molar refractivity (Wildman–Crippen MR) is 140 cm³/mol. The molecule has 0 radical (unpaired) electrons. The lowest BCUT2D eigenvalue weighted by atomic mass is 9.89. The van der Waals surface area contributed by atoms with Crippen LogP contribution in [0.25, 0.3) is 22.3 Å². The molecule has 0 aliphatic carbocycles. The summed E-state index contributed by atoms with van der Waals surface area (Å²) in [6, 6.07) is 14.3. The summed E-state index contributed by atoms with van der Waals surface area (Å²) in [5, 5.41) is 3.38. The minimum absolute atomic E-state index is 0.0630. The first-order valence-corrected chi connectivity index (χ1v) is 11.8. The number of hydrogen-bond donors (Lipinski definition) is 1. The van der Waals surface area contributed by atoms with Crippen LogP contribution in [-0.4, -0.2) is 26.0 Å². The van der Waals surface area contributed by atoms with Gasteiger partial charge in [-0.05, 0) is 26.8 Å². The number of allylic oxidation sites excluding steroid dienone is 2. The van der Waals surface area contributed by atoms with Crippen molar-refractivity contribution in [1.82, 2.24) is 5.32 Å². The summed E-state index contributed by atoms with van der Waals surface area (Å²) >= 11 is 0. The Morgan fingerprint density at radius 2 is 1.63 bits per heavy atom. The van der Waals surface area contributed by atoms with Crippen molar-refractivity contribution in [1.29, 1.82) is 0 Å². The highest BCUT2D eigenvalue weighted by atomic mass is 16.7. The second-order valence-corrected chi connectivity index (χ2v) is 8.52. The Morgan fingerprint density at radius 1 is 0.974 bits per heavy atom. The zero-order chi connectivity index (χ0) is 27.4. The number of dihydropyridines is 1. The molecule has 4 rings (SSSR count). The molecule has 1 aliphatic rings. The van der Waals surface area contributed by atoms with Crippen LogP contribution in [0, 0.1) is 6.92 Å². The molecule has 0 fully saturated rings. The van der Waals surface area contributed by atoms with Gasteiger partial charge in [-0.1, -0.05) is 55.1 Å². The van der Waals surface area contributed by atoms with Crippen molar-refractivity contribution >= 4 is 23.3 Å². The van der Waals surface area contributed by atoms with Gasteiger partial charge in [0, 0.05) is 16.7 Å². The van der Waals surface area contributed by atoms with Crippen LogP contribution in [0.2, 0.25) is 0 Å². The van der Waals surface area contributed by atoms with Gasteiger partial charge in [0.05, 0.1) is 23.9 Å². The highest BCUT2D eigenvalue weighted by Crippen LogP contribution is 2.42. The summed E-state index contributed by atoms with van der Waals surface area (Å²) in [4.78, 5) is 38.2. The second kappa shape index (κ2) is 11.1. The quantitative estimate of drug-likeness (QED) is 0.309. The molecular formula is C29H27NO8. The zero-order valence-corrected chi connectivity index (χ0v) is 21.5. The maximum Gasteiger partial charge on any atom is 0.513 e. The third-order valence-electron chi connectivity index (χ3n) is 6.03. The molecule has 196 valence electrons. The highest BCUT2D eigenvalue weighted by Gasteiger charge is 2.37. The van der Waals surface area contributed by atoms with E-state index < -0.39 is 18.2 Å². The van der Waals surface area contributed by atoms with Crippen LogP contribution in [0.4, 0.5) is 9.59 Å². The Labute approximate surface area is 218 Å². The Balaban J connectivity index is 1.98. The smallest absolute Gasteiger partial charge is 0.455 e. The molecular weight excluding hydrogens is 490 g/mol. The molecule has 0 saturated carbocycles. The molecule has 2 aromatic carbocycles. The van der Waals surface area contributed by atoms with Gasteiger partial charge >= 0.3 is 12.3 Å². The number of ether oxygens (including phenoxy) is 4. The molecule has 0 amide bonds. The zero-order valence-electron chi connectivity index (χ0n) is 21.5. The average molecular weight is 518 g/mol. The van der Waals surface area contributed by atoms with Crippen LogP contribution in [0.3, 0.4) is 0 Å². The molecule has 9 heteroatoms. The third kappa shape index (κ3) is 5.04. The standard InChI is InChI=1S/C29H27NO8/c1-6-15-35-29(33)38-26-18(4)30-17(3)25(37-28(32)34-5)22(26)20-13-10-14-21-23(31)16(2)24(36-27(20)21)19-11-8-7-9-12-19/h6-14,22,30H,1,15H2,2-5H3. The van der Waals surface area contributed by atoms with Crippen molar-refractivity contribution in [3.63, 3.8) is 0 Å². The van der Waals surface area contributed by atoms with E-state index in [9.17, 15) is 14.4 Å². The summed E-state index contributed by atoms with van der Waals surface area (Å²) in [6.45, 7) is 8.56. The fraction of sp³-hybridized carbons (Fsp3) is 0.207. The lowest BCUT2D eigenvalue weighted by Crippen LogP contribution is -2.29. The normalized spacial score (nSPS) is 15.1. The fourth-order valence-corrected chi connectivity index (χ4v) is 4.31. The lowest BCUT2D eigenvalue weighted by molar-refractivity contribution is 0.0728. The van der Waals surface area contributed by atoms with Crippen molar-refractivity contribution < 1.29 is 33.0 Å². The molecule has 3 aromatic rings. The van der Waals surface area contributed by atoms with E-state index >= 15 is 0 Å². The van der Waals surface area contributed by atoms with Gasteiger partial charge in [0.15, 0.2) is 5.43 Å². The van der Waals surface area contributed by atoms with E-state index in [4.69, 9.17) is 23.4 Å². The first-order chi connectivity index (χ1) is 18.3. The number of methoxy groups -OCH3 is 1. The van der Waals surface area contributed by atoms with Gasteiger partial charge in [-0.15, -0.1) is 0 Å². The number of rotatable bonds is 6. The van der Waals surface area contributed by atoms with Gasteiger partial charge in [0.1, 0.15) is 35.4 Å². The average Bonchev–Trinajstić information content (AvgIpc) is 2.92. The number of para-hydroxylation sites is 1. The van der Waals surface area contributed by atoms with Crippen molar-refractivity contribution in [2.24, 2.45) is 0 Å². The van der Waals surface area contributed by atoms with E-state index in [1.165, 1.54) is 13.2 Å². The molecule has 1 aromatic heterocycles. The van der Waals surface area contributed by atoms with Crippen LogP contribution in [-0.2, 0) is 18.9 Å². The fourth-order valence-electron chi connectivity index (χ4n) is 4.31. The Kier molecular flexibility index (Phi) is 7.66. The highest BCUT2D eigenvalue weighted by molar-refractivity contribution is 5.84. The van der Waals surface area contributed by atoms with Gasteiger partial charge in [-0.25, -0.2) is 9.59 Å². The first-order valence-electron chi connectivity index (χ1n) is 11.8. The number of carbonyl (C=O) groups is 2. The van der Waals surface area contributed by atoms with Gasteiger partial charge in [0.25, 0.3) is 0 Å². The number of hydrogen-bond acceptors (Lipinski definition) is 9. The maximum atomic E-state index is 13.5. The van der Waals surface area contributed by atoms with E-state index in [1.54, 1.807) is 39.0 Å². The number of carbonyl (C=O) groups excluding carboxylic acids is 2. The molecule has 1 N–H and O–H groups in total. The topological polar surface area (TPSA) is 113 Å². The van der Waals surface area contributed by atoms with Crippen molar-refractivity contribution in [3.8, 4) is 11.3 Å². The number of fused-ring (bicyclic) bond motifs is 1. The monoisotopic (exact) mass is 517 g/mol. The van der Waals surface area contributed by atoms with E-state index in [0.29, 0.717) is 33.7 Å². The van der Waals surface area contributed by atoms with Crippen LogP contribution >= 0.6 is 0 Å². The van der Waals surface area contributed by atoms with Crippen LogP contribution < -0.4 is 10.7 Å². The predicted octanol–water partition coefficient (Wildman–Crippen LogP) is 6.04. The molecule has 0 spiro atoms. The molecule has 1 atom stereocenters. The largest absolute Gasteiger partial charge is 0.513 e. The Morgan fingerprint density at radius 3 is 2.26 bits per heavy atom. The van der Waals surface area contributed by atoms with Crippen molar-refractivity contribution in [3.05, 3.63) is 105 Å². The van der Waals surface area contributed by atoms with Crippen molar-refractivity contribution in [2.45, 2.75) is 26.7 Å². The molecule has 38 heavy (non-hydrogen) atoms. The van der Waals surface area contributed by atoms with Gasteiger partial charge in [-0.3, -0.25) is 4.79 Å². The molecule has 0 bridgehead atoms. The van der Waals surface area contributed by atoms with E-state index in [2.05, 4.69) is 11.9 Å². The van der Waals surface area contributed by atoms with Crippen LogP contribution in [0.1, 0.15) is 30.9 Å². The third-order valence-corrected chi connectivity index (χ3v) is 6.03. The molecule has 9 nitrogen and oxygen atoms in total. The summed E-state index contributed by atoms with van der Waals surface area (Å²) in [6.07, 6.45) is -0.547. The summed E-state index contributed by atoms with van der Waals surface area (Å²) in [7, 11) is 1.18. The minimum atomic E-state index is -0.981. The lowest BCUT2D eigenvalue weighted by Gasteiger charge is -2.30. The molecule has 2 heterocycles. The Bertz CT molecular complexity index is 1530. The minimum Gasteiger partial charge on any atom is -0.455 e.